The SMILES string of the molecule is COc1cc(C(Nc2ccc(C#N)cc2)C(=O)O)ccc1Oc1ccc(C(=O)O)cc1. The molecule has 0 aliphatic heterocycles. The topological polar surface area (TPSA) is 129 Å². The number of nitrogens with zero attached hydrogens (tertiary/aromatic N) is 1. The van der Waals surface area contributed by atoms with E-state index in [-0.39, 0.29) is 5.56 Å². The Balaban J connectivity index is 1.84. The van der Waals surface area contributed by atoms with E-state index >= 15 is 0 Å². The molecule has 0 saturated carbocycles. The molecule has 3 N–H and O–H groups in total. The Kier molecular flexibility index (Phi) is 6.38. The number of anilines is 1. The largest absolute Gasteiger partial charge is 0.493 e. The second-order valence-electron chi connectivity index (χ2n) is 6.45. The Morgan fingerprint density at radius 1 is 0.968 bits per heavy atom. The average molecular weight is 418 g/mol. The van der Waals surface area contributed by atoms with Crippen molar-refractivity contribution in [2.45, 2.75) is 6.04 Å². The molecule has 0 aliphatic rings. The highest BCUT2D eigenvalue weighted by Gasteiger charge is 2.22. The van der Waals surface area contributed by atoms with Crippen molar-refractivity contribution < 1.29 is 29.3 Å². The van der Waals surface area contributed by atoms with E-state index < -0.39 is 18.0 Å². The fraction of sp³-hybridized carbons (Fsp3) is 0.0870. The fourth-order valence-corrected chi connectivity index (χ4v) is 2.84. The minimum Gasteiger partial charge on any atom is -0.493 e. The minimum atomic E-state index is -1.09. The lowest BCUT2D eigenvalue weighted by molar-refractivity contribution is -0.138. The molecule has 156 valence electrons. The fourth-order valence-electron chi connectivity index (χ4n) is 2.84. The molecule has 1 unspecified atom stereocenters. The smallest absolute Gasteiger partial charge is 0.335 e. The molecule has 8 nitrogen and oxygen atoms in total. The van der Waals surface area contributed by atoms with Gasteiger partial charge in [-0.15, -0.1) is 0 Å². The number of hydrogen-bond acceptors (Lipinski definition) is 6. The number of hydrogen-bond donors (Lipinski definition) is 3. The van der Waals surface area contributed by atoms with Gasteiger partial charge in [0.15, 0.2) is 17.5 Å². The number of nitriles is 1. The first-order valence-electron chi connectivity index (χ1n) is 9.10. The lowest BCUT2D eigenvalue weighted by Gasteiger charge is -2.18. The van der Waals surface area contributed by atoms with Crippen LogP contribution in [0.2, 0.25) is 0 Å². The Hall–Kier alpha value is -4.51. The van der Waals surface area contributed by atoms with Gasteiger partial charge in [0.2, 0.25) is 0 Å². The third-order valence-electron chi connectivity index (χ3n) is 4.42. The van der Waals surface area contributed by atoms with Crippen LogP contribution in [0, 0.1) is 11.3 Å². The standard InChI is InChI=1S/C23H18N2O6/c1-30-20-12-16(21(23(28)29)25-17-7-2-14(13-24)3-8-17)6-11-19(20)31-18-9-4-15(5-10-18)22(26)27/h2-12,21,25H,1H3,(H,26,27)(H,28,29). The Bertz CT molecular complexity index is 1130. The van der Waals surface area contributed by atoms with Gasteiger partial charge in [0, 0.05) is 5.69 Å². The summed E-state index contributed by atoms with van der Waals surface area (Å²) < 4.78 is 11.1. The van der Waals surface area contributed by atoms with Gasteiger partial charge in [-0.3, -0.25) is 0 Å². The van der Waals surface area contributed by atoms with Crippen LogP contribution in [-0.2, 0) is 4.79 Å². The highest BCUT2D eigenvalue weighted by molar-refractivity contribution is 5.87. The van der Waals surface area contributed by atoms with Gasteiger partial charge in [-0.1, -0.05) is 6.07 Å². The Morgan fingerprint density at radius 2 is 1.65 bits per heavy atom. The van der Waals surface area contributed by atoms with Crippen LogP contribution >= 0.6 is 0 Å². The molecule has 0 saturated heterocycles. The first-order valence-corrected chi connectivity index (χ1v) is 9.10. The second kappa shape index (κ2) is 9.33. The molecule has 0 heterocycles. The maximum Gasteiger partial charge on any atom is 0.335 e. The van der Waals surface area contributed by atoms with E-state index in [4.69, 9.17) is 19.8 Å². The van der Waals surface area contributed by atoms with E-state index in [1.165, 1.54) is 31.4 Å². The third-order valence-corrected chi connectivity index (χ3v) is 4.42. The molecular weight excluding hydrogens is 400 g/mol. The number of carboxylic acids is 2. The monoisotopic (exact) mass is 418 g/mol. The lowest BCUT2D eigenvalue weighted by atomic mass is 10.1. The number of aromatic carboxylic acids is 1. The van der Waals surface area contributed by atoms with Gasteiger partial charge in [-0.05, 0) is 66.2 Å². The van der Waals surface area contributed by atoms with Crippen molar-refractivity contribution in [3.63, 3.8) is 0 Å². The Labute approximate surface area is 177 Å². The van der Waals surface area contributed by atoms with Crippen molar-refractivity contribution in [2.24, 2.45) is 0 Å². The number of aliphatic carboxylic acids is 1. The first kappa shape index (κ1) is 21.2. The number of rotatable bonds is 8. The molecule has 1 atom stereocenters. The summed E-state index contributed by atoms with van der Waals surface area (Å²) in [6, 6.07) is 18.0. The first-order chi connectivity index (χ1) is 14.9. The van der Waals surface area contributed by atoms with Gasteiger partial charge in [0.05, 0.1) is 24.3 Å². The molecule has 0 radical (unpaired) electrons. The van der Waals surface area contributed by atoms with Gasteiger partial charge in [-0.2, -0.15) is 5.26 Å². The minimum absolute atomic E-state index is 0.132. The van der Waals surface area contributed by atoms with E-state index in [1.54, 1.807) is 42.5 Å². The molecule has 0 fully saturated rings. The van der Waals surface area contributed by atoms with Crippen LogP contribution in [0.3, 0.4) is 0 Å². The van der Waals surface area contributed by atoms with Crippen molar-refractivity contribution in [3.05, 3.63) is 83.4 Å². The van der Waals surface area contributed by atoms with Gasteiger partial charge in [0.1, 0.15) is 5.75 Å². The quantitative estimate of drug-likeness (QED) is 0.494. The summed E-state index contributed by atoms with van der Waals surface area (Å²) in [7, 11) is 1.43. The van der Waals surface area contributed by atoms with E-state index in [9.17, 15) is 14.7 Å². The van der Waals surface area contributed by atoms with Gasteiger partial charge in [0.25, 0.3) is 0 Å². The van der Waals surface area contributed by atoms with Crippen molar-refractivity contribution in [1.29, 1.82) is 5.26 Å². The summed E-state index contributed by atoms with van der Waals surface area (Å²) in [5.41, 5.74) is 1.58. The number of carbonyl (C=O) groups is 2. The van der Waals surface area contributed by atoms with Crippen LogP contribution in [0.1, 0.15) is 27.5 Å². The molecule has 3 aromatic rings. The van der Waals surface area contributed by atoms with Crippen LogP contribution < -0.4 is 14.8 Å². The maximum atomic E-state index is 11.9. The van der Waals surface area contributed by atoms with Crippen LogP contribution in [0.25, 0.3) is 0 Å². The van der Waals surface area contributed by atoms with E-state index in [2.05, 4.69) is 5.32 Å². The van der Waals surface area contributed by atoms with Gasteiger partial charge >= 0.3 is 11.9 Å². The van der Waals surface area contributed by atoms with Crippen LogP contribution in [0.5, 0.6) is 17.2 Å². The molecule has 8 heteroatoms. The average Bonchev–Trinajstić information content (AvgIpc) is 2.78. The summed E-state index contributed by atoms with van der Waals surface area (Å²) >= 11 is 0. The lowest BCUT2D eigenvalue weighted by Crippen LogP contribution is -2.20. The van der Waals surface area contributed by atoms with Gasteiger partial charge < -0.3 is 25.0 Å². The molecule has 0 aliphatic carbocycles. The number of ether oxygens (including phenoxy) is 2. The predicted molar refractivity (Wildman–Crippen MR) is 112 cm³/mol. The highest BCUT2D eigenvalue weighted by atomic mass is 16.5. The number of methoxy groups -OCH3 is 1. The van der Waals surface area contributed by atoms with Crippen LogP contribution in [0.4, 0.5) is 5.69 Å². The highest BCUT2D eigenvalue weighted by Crippen LogP contribution is 2.35. The molecule has 0 bridgehead atoms. The second-order valence-corrected chi connectivity index (χ2v) is 6.45. The van der Waals surface area contributed by atoms with E-state index in [0.717, 1.165) is 0 Å². The van der Waals surface area contributed by atoms with E-state index in [1.807, 2.05) is 6.07 Å². The molecule has 0 spiro atoms. The van der Waals surface area contributed by atoms with Gasteiger partial charge in [-0.25, -0.2) is 9.59 Å². The zero-order chi connectivity index (χ0) is 22.4. The third kappa shape index (κ3) is 5.10. The van der Waals surface area contributed by atoms with Crippen LogP contribution in [-0.4, -0.2) is 29.3 Å². The number of nitrogens with one attached hydrogen (secondary N) is 1. The summed E-state index contributed by atoms with van der Waals surface area (Å²) in [5, 5.41) is 30.5. The summed E-state index contributed by atoms with van der Waals surface area (Å²) in [4.78, 5) is 22.8. The molecule has 31 heavy (non-hydrogen) atoms. The molecule has 3 rings (SSSR count). The zero-order valence-corrected chi connectivity index (χ0v) is 16.4. The van der Waals surface area contributed by atoms with E-state index in [0.29, 0.717) is 34.1 Å². The van der Waals surface area contributed by atoms with Crippen molar-refractivity contribution in [3.8, 4) is 23.3 Å². The number of benzene rings is 3. The Morgan fingerprint density at radius 3 is 2.19 bits per heavy atom. The van der Waals surface area contributed by atoms with Crippen LogP contribution in [0.15, 0.2) is 66.7 Å². The molecule has 0 amide bonds. The normalized spacial score (nSPS) is 11.1. The summed E-state index contributed by atoms with van der Waals surface area (Å²) in [6.07, 6.45) is 0. The summed E-state index contributed by atoms with van der Waals surface area (Å²) in [6.45, 7) is 0. The molecule has 0 aromatic heterocycles. The molecular formula is C23H18N2O6. The maximum absolute atomic E-state index is 11.9. The summed E-state index contributed by atoms with van der Waals surface area (Å²) in [5.74, 6) is -1.07. The zero-order valence-electron chi connectivity index (χ0n) is 16.4. The number of carboxylic acid groups (broad SMARTS) is 2. The van der Waals surface area contributed by atoms with Crippen molar-refractivity contribution in [1.82, 2.24) is 0 Å². The van der Waals surface area contributed by atoms with Crippen molar-refractivity contribution in [2.75, 3.05) is 12.4 Å². The van der Waals surface area contributed by atoms with Crippen molar-refractivity contribution >= 4 is 17.6 Å². The predicted octanol–water partition coefficient (Wildman–Crippen LogP) is 4.30. The molecule has 3 aromatic carbocycles.